The molecule has 3 rings (SSSR count). The normalized spacial score (nSPS) is 11.4. The molecule has 1 aliphatic carbocycles. The largest absolute Gasteiger partial charge is 0.493 e. The molecule has 5 nitrogen and oxygen atoms in total. The molecule has 1 aliphatic rings. The first-order valence-electron chi connectivity index (χ1n) is 6.12. The number of nitriles is 1. The van der Waals surface area contributed by atoms with Gasteiger partial charge < -0.3 is 15.2 Å². The van der Waals surface area contributed by atoms with Crippen LogP contribution in [0.2, 0.25) is 0 Å². The molecule has 20 heavy (non-hydrogen) atoms. The lowest BCUT2D eigenvalue weighted by Crippen LogP contribution is -1.98. The molecule has 0 fully saturated rings. The van der Waals surface area contributed by atoms with E-state index in [-0.39, 0.29) is 5.82 Å². The number of nitrogens with two attached hydrogens (primary N) is 1. The van der Waals surface area contributed by atoms with E-state index in [1.807, 2.05) is 12.1 Å². The molecular formula is C15H13N3O2. The Morgan fingerprint density at radius 3 is 2.55 bits per heavy atom. The van der Waals surface area contributed by atoms with Gasteiger partial charge in [0.1, 0.15) is 17.5 Å². The highest BCUT2D eigenvalue weighted by atomic mass is 16.5. The summed E-state index contributed by atoms with van der Waals surface area (Å²) in [6.07, 6.45) is 2.44. The van der Waals surface area contributed by atoms with E-state index in [4.69, 9.17) is 15.2 Å². The minimum Gasteiger partial charge on any atom is -0.493 e. The number of anilines is 1. The Hall–Kier alpha value is -2.74. The second kappa shape index (κ2) is 4.42. The number of fused-ring (bicyclic) bond motifs is 3. The fourth-order valence-corrected chi connectivity index (χ4v) is 2.63. The third-order valence-corrected chi connectivity index (χ3v) is 3.56. The van der Waals surface area contributed by atoms with Gasteiger partial charge in [0.15, 0.2) is 11.5 Å². The number of rotatable bonds is 2. The third-order valence-electron chi connectivity index (χ3n) is 3.56. The number of aromatic nitrogens is 1. The second-order valence-electron chi connectivity index (χ2n) is 4.57. The first-order chi connectivity index (χ1) is 9.69. The molecule has 0 saturated carbocycles. The van der Waals surface area contributed by atoms with Gasteiger partial charge in [-0.3, -0.25) is 0 Å². The maximum absolute atomic E-state index is 9.31. The van der Waals surface area contributed by atoms with Crippen molar-refractivity contribution in [2.24, 2.45) is 0 Å². The van der Waals surface area contributed by atoms with Crippen molar-refractivity contribution in [2.45, 2.75) is 6.42 Å². The molecule has 0 atom stereocenters. The van der Waals surface area contributed by atoms with Crippen molar-refractivity contribution in [1.82, 2.24) is 4.98 Å². The Balaban J connectivity index is 2.29. The zero-order chi connectivity index (χ0) is 14.3. The van der Waals surface area contributed by atoms with Crippen LogP contribution in [0, 0.1) is 11.3 Å². The molecule has 1 heterocycles. The van der Waals surface area contributed by atoms with Crippen LogP contribution in [0.15, 0.2) is 18.3 Å². The summed E-state index contributed by atoms with van der Waals surface area (Å²) in [5.74, 6) is 1.57. The molecule has 1 aromatic heterocycles. The molecule has 1 aromatic carbocycles. The molecular weight excluding hydrogens is 254 g/mol. The Morgan fingerprint density at radius 2 is 1.90 bits per heavy atom. The lowest BCUT2D eigenvalue weighted by molar-refractivity contribution is 0.355. The fourth-order valence-electron chi connectivity index (χ4n) is 2.63. The topological polar surface area (TPSA) is 81.2 Å². The number of methoxy groups -OCH3 is 2. The van der Waals surface area contributed by atoms with E-state index in [2.05, 4.69) is 11.1 Å². The van der Waals surface area contributed by atoms with Gasteiger partial charge in [0.25, 0.3) is 0 Å². The smallest absolute Gasteiger partial charge is 0.161 e. The molecule has 0 radical (unpaired) electrons. The quantitative estimate of drug-likeness (QED) is 0.769. The van der Waals surface area contributed by atoms with Gasteiger partial charge in [-0.25, -0.2) is 4.98 Å². The van der Waals surface area contributed by atoms with E-state index in [9.17, 15) is 5.26 Å². The van der Waals surface area contributed by atoms with Crippen LogP contribution < -0.4 is 15.2 Å². The summed E-state index contributed by atoms with van der Waals surface area (Å²) in [7, 11) is 3.19. The van der Waals surface area contributed by atoms with Gasteiger partial charge in [-0.2, -0.15) is 5.26 Å². The van der Waals surface area contributed by atoms with E-state index < -0.39 is 0 Å². The number of nitrogen functional groups attached to an aromatic ring is 1. The van der Waals surface area contributed by atoms with Crippen LogP contribution in [-0.2, 0) is 6.42 Å². The molecule has 0 spiro atoms. The Morgan fingerprint density at radius 1 is 1.20 bits per heavy atom. The SMILES string of the molecule is COc1cc2c(cc1OC)-c1c(cnc(N)c1C#N)C2. The van der Waals surface area contributed by atoms with Crippen LogP contribution in [0.25, 0.3) is 11.1 Å². The van der Waals surface area contributed by atoms with Gasteiger partial charge >= 0.3 is 0 Å². The van der Waals surface area contributed by atoms with Crippen molar-refractivity contribution in [3.05, 3.63) is 35.0 Å². The van der Waals surface area contributed by atoms with Crippen molar-refractivity contribution < 1.29 is 9.47 Å². The van der Waals surface area contributed by atoms with Gasteiger partial charge in [0, 0.05) is 18.2 Å². The van der Waals surface area contributed by atoms with Crippen molar-refractivity contribution in [3.8, 4) is 28.7 Å². The van der Waals surface area contributed by atoms with Crippen LogP contribution in [-0.4, -0.2) is 19.2 Å². The highest BCUT2D eigenvalue weighted by Gasteiger charge is 2.26. The minimum absolute atomic E-state index is 0.258. The minimum atomic E-state index is 0.258. The fraction of sp³-hybridized carbons (Fsp3) is 0.200. The van der Waals surface area contributed by atoms with Crippen molar-refractivity contribution in [1.29, 1.82) is 5.26 Å². The highest BCUT2D eigenvalue weighted by Crippen LogP contribution is 2.44. The molecule has 0 amide bonds. The predicted octanol–water partition coefficient (Wildman–Crippen LogP) is 2.12. The van der Waals surface area contributed by atoms with E-state index in [1.54, 1.807) is 20.4 Å². The maximum Gasteiger partial charge on any atom is 0.161 e. The van der Waals surface area contributed by atoms with Gasteiger partial charge in [0.05, 0.1) is 14.2 Å². The number of ether oxygens (including phenoxy) is 2. The molecule has 0 aliphatic heterocycles. The van der Waals surface area contributed by atoms with Crippen LogP contribution in [0.1, 0.15) is 16.7 Å². The summed E-state index contributed by atoms with van der Waals surface area (Å²) < 4.78 is 10.6. The van der Waals surface area contributed by atoms with Crippen molar-refractivity contribution in [2.75, 3.05) is 20.0 Å². The van der Waals surface area contributed by atoms with Gasteiger partial charge in [-0.15, -0.1) is 0 Å². The van der Waals surface area contributed by atoms with Gasteiger partial charge in [0.2, 0.25) is 0 Å². The molecule has 0 bridgehead atoms. The standard InChI is InChI=1S/C15H13N3O2/c1-19-12-4-8-3-9-7-18-15(17)11(6-16)14(9)10(8)5-13(12)20-2/h4-5,7H,3H2,1-2H3,(H2,17,18). The van der Waals surface area contributed by atoms with Crippen LogP contribution in [0.5, 0.6) is 11.5 Å². The molecule has 0 saturated heterocycles. The summed E-state index contributed by atoms with van der Waals surface area (Å²) in [6, 6.07) is 5.97. The number of benzene rings is 1. The average molecular weight is 267 g/mol. The summed E-state index contributed by atoms with van der Waals surface area (Å²) >= 11 is 0. The lowest BCUT2D eigenvalue weighted by atomic mass is 10.0. The molecule has 0 unspecified atom stereocenters. The van der Waals surface area contributed by atoms with E-state index >= 15 is 0 Å². The molecule has 2 aromatic rings. The zero-order valence-electron chi connectivity index (χ0n) is 11.2. The zero-order valence-corrected chi connectivity index (χ0v) is 11.2. The summed E-state index contributed by atoms with van der Waals surface area (Å²) in [4.78, 5) is 4.08. The number of nitrogens with zero attached hydrogens (tertiary/aromatic N) is 2. The monoisotopic (exact) mass is 267 g/mol. The first-order valence-corrected chi connectivity index (χ1v) is 6.12. The Kier molecular flexibility index (Phi) is 2.72. The number of hydrogen-bond acceptors (Lipinski definition) is 5. The third kappa shape index (κ3) is 1.58. The van der Waals surface area contributed by atoms with E-state index in [0.717, 1.165) is 22.3 Å². The van der Waals surface area contributed by atoms with E-state index in [0.29, 0.717) is 23.5 Å². The highest BCUT2D eigenvalue weighted by molar-refractivity contribution is 5.85. The van der Waals surface area contributed by atoms with E-state index in [1.165, 1.54) is 0 Å². The molecule has 2 N–H and O–H groups in total. The van der Waals surface area contributed by atoms with Crippen molar-refractivity contribution >= 4 is 5.82 Å². The van der Waals surface area contributed by atoms with Crippen LogP contribution >= 0.6 is 0 Å². The van der Waals surface area contributed by atoms with Crippen molar-refractivity contribution in [3.63, 3.8) is 0 Å². The second-order valence-corrected chi connectivity index (χ2v) is 4.57. The van der Waals surface area contributed by atoms with Gasteiger partial charge in [-0.05, 0) is 28.8 Å². The molecule has 5 heteroatoms. The number of pyridine rings is 1. The Labute approximate surface area is 116 Å². The lowest BCUT2D eigenvalue weighted by Gasteiger charge is -2.11. The first kappa shape index (κ1) is 12.3. The maximum atomic E-state index is 9.31. The number of hydrogen-bond donors (Lipinski definition) is 1. The summed E-state index contributed by atoms with van der Waals surface area (Å²) in [5, 5.41) is 9.31. The Bertz CT molecular complexity index is 748. The van der Waals surface area contributed by atoms with Crippen LogP contribution in [0.3, 0.4) is 0 Å². The summed E-state index contributed by atoms with van der Waals surface area (Å²) in [5.41, 5.74) is 10.1. The predicted molar refractivity (Wildman–Crippen MR) is 74.7 cm³/mol. The average Bonchev–Trinajstić information content (AvgIpc) is 2.83. The molecule has 100 valence electrons. The van der Waals surface area contributed by atoms with Gasteiger partial charge in [-0.1, -0.05) is 0 Å². The summed E-state index contributed by atoms with van der Waals surface area (Å²) in [6.45, 7) is 0. The van der Waals surface area contributed by atoms with Crippen LogP contribution in [0.4, 0.5) is 5.82 Å².